The normalized spacial score (nSPS) is 14.2. The maximum Gasteiger partial charge on any atom is 0.335 e. The van der Waals surface area contributed by atoms with Crippen LogP contribution in [-0.4, -0.2) is 23.0 Å². The molecule has 1 aliphatic carbocycles. The summed E-state index contributed by atoms with van der Waals surface area (Å²) in [6, 6.07) is 15.7. The predicted molar refractivity (Wildman–Crippen MR) is 108 cm³/mol. The molecule has 0 spiro atoms. The minimum absolute atomic E-state index is 0.0405. The lowest BCUT2D eigenvalue weighted by Crippen LogP contribution is -2.33. The average Bonchev–Trinajstić information content (AvgIpc) is 3.24. The summed E-state index contributed by atoms with van der Waals surface area (Å²) in [4.78, 5) is 23.4. The third kappa shape index (κ3) is 5.45. The number of rotatable bonds is 7. The summed E-state index contributed by atoms with van der Waals surface area (Å²) in [7, 11) is 0. The number of benzene rings is 2. The molecule has 0 heterocycles. The van der Waals surface area contributed by atoms with Gasteiger partial charge >= 0.3 is 5.97 Å². The van der Waals surface area contributed by atoms with E-state index in [0.29, 0.717) is 11.3 Å². The quantitative estimate of drug-likeness (QED) is 0.551. The molecular formula is C23H22N2O4. The van der Waals surface area contributed by atoms with Crippen molar-refractivity contribution in [3.05, 3.63) is 70.8 Å². The molecule has 1 amide bonds. The summed E-state index contributed by atoms with van der Waals surface area (Å²) >= 11 is 0. The van der Waals surface area contributed by atoms with Gasteiger partial charge in [-0.3, -0.25) is 4.79 Å². The fourth-order valence-corrected chi connectivity index (χ4v) is 3.27. The van der Waals surface area contributed by atoms with Gasteiger partial charge in [-0.2, -0.15) is 5.26 Å². The average molecular weight is 390 g/mol. The summed E-state index contributed by atoms with van der Waals surface area (Å²) in [5.74, 6) is -0.803. The first-order chi connectivity index (χ1) is 14.1. The number of amides is 1. The Balaban J connectivity index is 1.71. The van der Waals surface area contributed by atoms with Crippen molar-refractivity contribution >= 4 is 18.0 Å². The molecule has 0 radical (unpaired) electrons. The maximum atomic E-state index is 12.4. The van der Waals surface area contributed by atoms with Crippen molar-refractivity contribution < 1.29 is 19.4 Å². The number of para-hydroxylation sites is 1. The van der Waals surface area contributed by atoms with E-state index >= 15 is 0 Å². The van der Waals surface area contributed by atoms with Gasteiger partial charge in [0.1, 0.15) is 24.0 Å². The molecule has 0 unspecified atom stereocenters. The molecule has 1 fully saturated rings. The van der Waals surface area contributed by atoms with Gasteiger partial charge in [0.15, 0.2) is 0 Å². The zero-order valence-electron chi connectivity index (χ0n) is 15.9. The van der Waals surface area contributed by atoms with Gasteiger partial charge in [0.2, 0.25) is 0 Å². The van der Waals surface area contributed by atoms with E-state index in [1.54, 1.807) is 24.3 Å². The van der Waals surface area contributed by atoms with E-state index in [0.717, 1.165) is 31.2 Å². The lowest BCUT2D eigenvalue weighted by Gasteiger charge is -2.12. The van der Waals surface area contributed by atoms with E-state index in [4.69, 9.17) is 9.84 Å². The molecule has 6 nitrogen and oxygen atoms in total. The molecule has 2 aromatic rings. The molecule has 0 aliphatic heterocycles. The topological polar surface area (TPSA) is 99.4 Å². The molecule has 1 aliphatic rings. The summed E-state index contributed by atoms with van der Waals surface area (Å²) in [6.07, 6.45) is 5.63. The van der Waals surface area contributed by atoms with E-state index in [2.05, 4.69) is 5.32 Å². The van der Waals surface area contributed by atoms with Gasteiger partial charge in [-0.1, -0.05) is 43.2 Å². The Morgan fingerprint density at radius 1 is 1.14 bits per heavy atom. The summed E-state index contributed by atoms with van der Waals surface area (Å²) in [5, 5.41) is 21.3. The Morgan fingerprint density at radius 2 is 1.83 bits per heavy atom. The van der Waals surface area contributed by atoms with Crippen LogP contribution in [0.15, 0.2) is 54.1 Å². The second-order valence-electron chi connectivity index (χ2n) is 6.95. The highest BCUT2D eigenvalue weighted by Crippen LogP contribution is 2.23. The molecule has 3 rings (SSSR count). The van der Waals surface area contributed by atoms with E-state index < -0.39 is 5.97 Å². The van der Waals surface area contributed by atoms with Crippen LogP contribution in [0.4, 0.5) is 0 Å². The van der Waals surface area contributed by atoms with Crippen LogP contribution in [0, 0.1) is 11.3 Å². The van der Waals surface area contributed by atoms with Crippen LogP contribution < -0.4 is 10.1 Å². The number of carbonyl (C=O) groups excluding carboxylic acids is 1. The van der Waals surface area contributed by atoms with Crippen molar-refractivity contribution in [1.82, 2.24) is 5.32 Å². The van der Waals surface area contributed by atoms with E-state index in [1.165, 1.54) is 18.2 Å². The standard InChI is InChI=1S/C23H22N2O4/c24-14-19(22(26)25-20-6-2-3-7-20)13-18-5-1-4-8-21(18)29-15-16-9-11-17(12-10-16)23(27)28/h1,4-5,8-13,20H,2-3,6-7,15H2,(H,25,26)(H,27,28)/b19-13-. The minimum atomic E-state index is -0.979. The van der Waals surface area contributed by atoms with Crippen LogP contribution in [0.3, 0.4) is 0 Å². The van der Waals surface area contributed by atoms with Crippen LogP contribution in [0.25, 0.3) is 6.08 Å². The van der Waals surface area contributed by atoms with Crippen LogP contribution in [0.2, 0.25) is 0 Å². The van der Waals surface area contributed by atoms with Crippen molar-refractivity contribution in [3.63, 3.8) is 0 Å². The summed E-state index contributed by atoms with van der Waals surface area (Å²) in [5.41, 5.74) is 1.70. The third-order valence-corrected chi connectivity index (χ3v) is 4.87. The first-order valence-electron chi connectivity index (χ1n) is 9.53. The van der Waals surface area contributed by atoms with Gasteiger partial charge in [0, 0.05) is 11.6 Å². The molecule has 0 bridgehead atoms. The number of carbonyl (C=O) groups is 2. The van der Waals surface area contributed by atoms with Crippen LogP contribution >= 0.6 is 0 Å². The number of carboxylic acids is 1. The van der Waals surface area contributed by atoms with Gasteiger partial charge in [-0.05, 0) is 42.7 Å². The molecule has 0 atom stereocenters. The Bertz CT molecular complexity index is 952. The number of carboxylic acid groups (broad SMARTS) is 1. The van der Waals surface area contributed by atoms with Gasteiger partial charge in [-0.15, -0.1) is 0 Å². The lowest BCUT2D eigenvalue weighted by molar-refractivity contribution is -0.117. The van der Waals surface area contributed by atoms with Gasteiger partial charge in [0.05, 0.1) is 5.56 Å². The molecule has 2 aromatic carbocycles. The molecule has 2 N–H and O–H groups in total. The molecular weight excluding hydrogens is 368 g/mol. The molecule has 148 valence electrons. The van der Waals surface area contributed by atoms with Crippen molar-refractivity contribution in [2.75, 3.05) is 0 Å². The smallest absolute Gasteiger partial charge is 0.335 e. The number of hydrogen-bond donors (Lipinski definition) is 2. The molecule has 6 heteroatoms. The fourth-order valence-electron chi connectivity index (χ4n) is 3.27. The third-order valence-electron chi connectivity index (χ3n) is 4.87. The van der Waals surface area contributed by atoms with E-state index in [1.807, 2.05) is 18.2 Å². The first kappa shape index (κ1) is 20.2. The predicted octanol–water partition coefficient (Wildman–Crippen LogP) is 3.93. The maximum absolute atomic E-state index is 12.4. The summed E-state index contributed by atoms with van der Waals surface area (Å²) in [6.45, 7) is 0.237. The zero-order chi connectivity index (χ0) is 20.6. The van der Waals surface area contributed by atoms with Crippen LogP contribution in [0.5, 0.6) is 5.75 Å². The zero-order valence-corrected chi connectivity index (χ0v) is 15.9. The number of nitriles is 1. The second kappa shape index (κ2) is 9.56. The molecule has 0 saturated heterocycles. The number of ether oxygens (including phenoxy) is 1. The minimum Gasteiger partial charge on any atom is -0.488 e. The molecule has 1 saturated carbocycles. The second-order valence-corrected chi connectivity index (χ2v) is 6.95. The highest BCUT2D eigenvalue weighted by atomic mass is 16.5. The number of hydrogen-bond acceptors (Lipinski definition) is 4. The fraction of sp³-hybridized carbons (Fsp3) is 0.261. The molecule has 0 aromatic heterocycles. The van der Waals surface area contributed by atoms with E-state index in [-0.39, 0.29) is 29.7 Å². The van der Waals surface area contributed by atoms with E-state index in [9.17, 15) is 14.9 Å². The SMILES string of the molecule is N#C/C(=C/c1ccccc1OCc1ccc(C(=O)O)cc1)C(=O)NC1CCCC1. The Kier molecular flexibility index (Phi) is 6.64. The highest BCUT2D eigenvalue weighted by Gasteiger charge is 2.19. The van der Waals surface area contributed by atoms with Gasteiger partial charge < -0.3 is 15.2 Å². The van der Waals surface area contributed by atoms with Gasteiger partial charge in [-0.25, -0.2) is 4.79 Å². The summed E-state index contributed by atoms with van der Waals surface area (Å²) < 4.78 is 5.85. The lowest BCUT2D eigenvalue weighted by atomic mass is 10.1. The largest absolute Gasteiger partial charge is 0.488 e. The Morgan fingerprint density at radius 3 is 2.48 bits per heavy atom. The Hall–Kier alpha value is -3.59. The number of nitrogens with zero attached hydrogens (tertiary/aromatic N) is 1. The highest BCUT2D eigenvalue weighted by molar-refractivity contribution is 6.02. The van der Waals surface area contributed by atoms with Crippen molar-refractivity contribution in [2.24, 2.45) is 0 Å². The monoisotopic (exact) mass is 390 g/mol. The Labute approximate surface area is 169 Å². The van der Waals surface area contributed by atoms with Crippen LogP contribution in [-0.2, 0) is 11.4 Å². The van der Waals surface area contributed by atoms with Crippen molar-refractivity contribution in [3.8, 4) is 11.8 Å². The van der Waals surface area contributed by atoms with Crippen molar-refractivity contribution in [1.29, 1.82) is 5.26 Å². The molecule has 29 heavy (non-hydrogen) atoms. The van der Waals surface area contributed by atoms with Crippen molar-refractivity contribution in [2.45, 2.75) is 38.3 Å². The first-order valence-corrected chi connectivity index (χ1v) is 9.53. The number of nitrogens with one attached hydrogen (secondary N) is 1. The van der Waals surface area contributed by atoms with Crippen LogP contribution in [0.1, 0.15) is 47.2 Å². The van der Waals surface area contributed by atoms with Gasteiger partial charge in [0.25, 0.3) is 5.91 Å². The number of aromatic carboxylic acids is 1.